The molecule has 0 fully saturated rings. The van der Waals surface area contributed by atoms with Gasteiger partial charge in [-0.05, 0) is 42.3 Å². The molecule has 0 aliphatic heterocycles. The lowest BCUT2D eigenvalue weighted by Crippen LogP contribution is -2.25. The molecule has 0 bridgehead atoms. The largest absolute Gasteiger partial charge is 0.507 e. The van der Waals surface area contributed by atoms with Gasteiger partial charge >= 0.3 is 0 Å². The average Bonchev–Trinajstić information content (AvgIpc) is 2.41. The summed E-state index contributed by atoms with van der Waals surface area (Å²) in [5, 5.41) is 13.9. The summed E-state index contributed by atoms with van der Waals surface area (Å²) in [6.45, 7) is 0.391. The second-order valence-corrected chi connectivity index (χ2v) is 5.68. The van der Waals surface area contributed by atoms with Crippen molar-refractivity contribution in [1.82, 2.24) is 5.32 Å². The molecule has 6 heteroatoms. The fraction of sp³-hybridized carbons (Fsp3) is 0.133. The van der Waals surface area contributed by atoms with E-state index < -0.39 is 0 Å². The highest BCUT2D eigenvalue weighted by Crippen LogP contribution is 2.22. The molecule has 0 radical (unpaired) electrons. The average molecular weight is 345 g/mol. The van der Waals surface area contributed by atoms with Crippen molar-refractivity contribution in [3.63, 3.8) is 0 Å². The molecule has 2 rings (SSSR count). The fourth-order valence-electron chi connectivity index (χ4n) is 1.83. The summed E-state index contributed by atoms with van der Waals surface area (Å²) in [6.07, 6.45) is 0.566. The van der Waals surface area contributed by atoms with Crippen LogP contribution in [0.1, 0.15) is 15.9 Å². The van der Waals surface area contributed by atoms with Gasteiger partial charge in [-0.2, -0.15) is 0 Å². The Morgan fingerprint density at radius 3 is 2.38 bits per heavy atom. The number of hydrogen-bond donors (Lipinski definition) is 2. The summed E-state index contributed by atoms with van der Waals surface area (Å²) in [5.41, 5.74) is 1.07. The third-order valence-electron chi connectivity index (χ3n) is 2.90. The van der Waals surface area contributed by atoms with Crippen LogP contribution < -0.4 is 5.32 Å². The molecule has 0 aromatic heterocycles. The normalized spacial score (nSPS) is 10.4. The van der Waals surface area contributed by atoms with Crippen molar-refractivity contribution in [2.24, 2.45) is 0 Å². The molecule has 3 nitrogen and oxygen atoms in total. The van der Waals surface area contributed by atoms with E-state index in [2.05, 4.69) is 5.32 Å². The number of amides is 1. The molecule has 0 heterocycles. The lowest BCUT2D eigenvalue weighted by Gasteiger charge is -2.08. The maximum atomic E-state index is 11.9. The van der Waals surface area contributed by atoms with E-state index in [1.165, 1.54) is 12.1 Å². The first-order valence-corrected chi connectivity index (χ1v) is 7.31. The predicted octanol–water partition coefficient (Wildman–Crippen LogP) is 4.32. The van der Waals surface area contributed by atoms with Crippen LogP contribution in [0.25, 0.3) is 0 Å². The number of halogens is 3. The lowest BCUT2D eigenvalue weighted by molar-refractivity contribution is 0.0951. The van der Waals surface area contributed by atoms with Crippen LogP contribution in [0.5, 0.6) is 5.75 Å². The van der Waals surface area contributed by atoms with Gasteiger partial charge in [-0.15, -0.1) is 0 Å². The molecule has 0 aliphatic carbocycles. The molecule has 2 N–H and O–H groups in total. The van der Waals surface area contributed by atoms with Crippen LogP contribution in [0, 0.1) is 0 Å². The molecule has 2 aromatic carbocycles. The number of aromatic hydroxyl groups is 1. The van der Waals surface area contributed by atoms with Crippen molar-refractivity contribution in [3.05, 3.63) is 62.6 Å². The molecule has 0 aliphatic rings. The highest BCUT2D eigenvalue weighted by Gasteiger charge is 2.11. The van der Waals surface area contributed by atoms with Crippen LogP contribution in [-0.2, 0) is 6.42 Å². The quantitative estimate of drug-likeness (QED) is 0.867. The maximum absolute atomic E-state index is 11.9. The fourth-order valence-corrected chi connectivity index (χ4v) is 2.50. The van der Waals surface area contributed by atoms with Crippen molar-refractivity contribution < 1.29 is 9.90 Å². The van der Waals surface area contributed by atoms with Crippen LogP contribution in [0.2, 0.25) is 15.1 Å². The highest BCUT2D eigenvalue weighted by atomic mass is 35.5. The second-order valence-electron chi connectivity index (χ2n) is 4.40. The van der Waals surface area contributed by atoms with Crippen LogP contribution >= 0.6 is 34.8 Å². The van der Waals surface area contributed by atoms with Crippen LogP contribution in [-0.4, -0.2) is 17.6 Å². The van der Waals surface area contributed by atoms with E-state index in [4.69, 9.17) is 34.8 Å². The number of carbonyl (C=O) groups is 1. The van der Waals surface area contributed by atoms with Gasteiger partial charge in [0, 0.05) is 21.6 Å². The van der Waals surface area contributed by atoms with Crippen LogP contribution in [0.4, 0.5) is 0 Å². The Kier molecular flexibility index (Phi) is 5.34. The van der Waals surface area contributed by atoms with E-state index in [1.807, 2.05) is 6.07 Å². The van der Waals surface area contributed by atoms with E-state index in [-0.39, 0.29) is 17.2 Å². The monoisotopic (exact) mass is 343 g/mol. The van der Waals surface area contributed by atoms with Gasteiger partial charge in [0.1, 0.15) is 5.75 Å². The number of rotatable bonds is 4. The Labute approximate surface area is 137 Å². The molecule has 1 amide bonds. The third-order valence-corrected chi connectivity index (χ3v) is 3.72. The van der Waals surface area contributed by atoms with Gasteiger partial charge in [-0.3, -0.25) is 4.79 Å². The number of phenols is 1. The standard InChI is InChI=1S/C15H12Cl3NO2/c16-10-2-1-9(13(18)7-10)5-6-19-15(21)12-4-3-11(17)8-14(12)20/h1-4,7-8,20H,5-6H2,(H,19,21). The molecule has 0 atom stereocenters. The van der Waals surface area contributed by atoms with Crippen molar-refractivity contribution in [1.29, 1.82) is 0 Å². The molecule has 0 spiro atoms. The number of hydrogen-bond acceptors (Lipinski definition) is 2. The van der Waals surface area contributed by atoms with Gasteiger partial charge in [0.05, 0.1) is 5.56 Å². The molecule has 0 saturated carbocycles. The smallest absolute Gasteiger partial charge is 0.255 e. The van der Waals surface area contributed by atoms with Gasteiger partial charge in [0.25, 0.3) is 5.91 Å². The van der Waals surface area contributed by atoms with Gasteiger partial charge in [-0.25, -0.2) is 0 Å². The van der Waals surface area contributed by atoms with Crippen LogP contribution in [0.15, 0.2) is 36.4 Å². The maximum Gasteiger partial charge on any atom is 0.255 e. The van der Waals surface area contributed by atoms with E-state index in [1.54, 1.807) is 18.2 Å². The minimum atomic E-state index is -0.366. The number of nitrogens with one attached hydrogen (secondary N) is 1. The Bertz CT molecular complexity index is 674. The zero-order valence-electron chi connectivity index (χ0n) is 10.9. The van der Waals surface area contributed by atoms with Gasteiger partial charge in [0.15, 0.2) is 0 Å². The van der Waals surface area contributed by atoms with Crippen molar-refractivity contribution in [2.75, 3.05) is 6.54 Å². The molecular formula is C15H12Cl3NO2. The Hall–Kier alpha value is -1.42. The van der Waals surface area contributed by atoms with Crippen molar-refractivity contribution in [2.45, 2.75) is 6.42 Å². The molecular weight excluding hydrogens is 333 g/mol. The van der Waals surface area contributed by atoms with E-state index >= 15 is 0 Å². The Morgan fingerprint density at radius 1 is 1.05 bits per heavy atom. The summed E-state index contributed by atoms with van der Waals surface area (Å²) in [4.78, 5) is 11.9. The van der Waals surface area contributed by atoms with Crippen molar-refractivity contribution >= 4 is 40.7 Å². The summed E-state index contributed by atoms with van der Waals surface area (Å²) in [5.74, 6) is -0.515. The zero-order chi connectivity index (χ0) is 15.4. The summed E-state index contributed by atoms with van der Waals surface area (Å²) < 4.78 is 0. The minimum absolute atomic E-state index is 0.149. The Balaban J connectivity index is 1.95. The predicted molar refractivity (Wildman–Crippen MR) is 85.6 cm³/mol. The molecule has 2 aromatic rings. The summed E-state index contributed by atoms with van der Waals surface area (Å²) in [6, 6.07) is 9.57. The second kappa shape index (κ2) is 7.03. The molecule has 0 saturated heterocycles. The Morgan fingerprint density at radius 2 is 1.71 bits per heavy atom. The topological polar surface area (TPSA) is 49.3 Å². The first-order valence-electron chi connectivity index (χ1n) is 6.18. The SMILES string of the molecule is O=C(NCCc1ccc(Cl)cc1Cl)c1ccc(Cl)cc1O. The third kappa shape index (κ3) is 4.27. The van der Waals surface area contributed by atoms with Crippen LogP contribution in [0.3, 0.4) is 0 Å². The van der Waals surface area contributed by atoms with E-state index in [9.17, 15) is 9.90 Å². The zero-order valence-corrected chi connectivity index (χ0v) is 13.1. The van der Waals surface area contributed by atoms with Crippen molar-refractivity contribution in [3.8, 4) is 5.75 Å². The lowest BCUT2D eigenvalue weighted by atomic mass is 10.1. The number of benzene rings is 2. The molecule has 110 valence electrons. The molecule has 0 unspecified atom stereocenters. The van der Waals surface area contributed by atoms with Gasteiger partial charge in [0.2, 0.25) is 0 Å². The first-order chi connectivity index (χ1) is 9.97. The minimum Gasteiger partial charge on any atom is -0.507 e. The van der Waals surface area contributed by atoms with E-state index in [0.717, 1.165) is 5.56 Å². The highest BCUT2D eigenvalue weighted by molar-refractivity contribution is 6.35. The van der Waals surface area contributed by atoms with E-state index in [0.29, 0.717) is 28.0 Å². The first kappa shape index (κ1) is 16.0. The summed E-state index contributed by atoms with van der Waals surface area (Å²) in [7, 11) is 0. The number of phenolic OH excluding ortho intramolecular Hbond substituents is 1. The molecule has 21 heavy (non-hydrogen) atoms. The summed E-state index contributed by atoms with van der Waals surface area (Å²) >= 11 is 17.6. The van der Waals surface area contributed by atoms with Gasteiger partial charge in [-0.1, -0.05) is 40.9 Å². The number of carbonyl (C=O) groups excluding carboxylic acids is 1. The van der Waals surface area contributed by atoms with Gasteiger partial charge < -0.3 is 10.4 Å².